The van der Waals surface area contributed by atoms with Crippen molar-refractivity contribution in [2.75, 3.05) is 11.9 Å². The second kappa shape index (κ2) is 8.56. The maximum atomic E-state index is 13.2. The van der Waals surface area contributed by atoms with Crippen molar-refractivity contribution in [1.82, 2.24) is 10.6 Å². The van der Waals surface area contributed by atoms with E-state index in [0.29, 0.717) is 17.8 Å². The zero-order valence-corrected chi connectivity index (χ0v) is 19.0. The minimum absolute atomic E-state index is 0.338. The zero-order valence-electron chi connectivity index (χ0n) is 17.5. The minimum atomic E-state index is -1.16. The predicted molar refractivity (Wildman–Crippen MR) is 124 cm³/mol. The number of amides is 3. The van der Waals surface area contributed by atoms with Crippen molar-refractivity contribution in [3.05, 3.63) is 65.7 Å². The Morgan fingerprint density at radius 3 is 2.41 bits per heavy atom. The van der Waals surface area contributed by atoms with Crippen molar-refractivity contribution < 1.29 is 14.4 Å². The molecule has 166 valence electrons. The number of hydrogen-bond donors (Lipinski definition) is 2. The monoisotopic (exact) mass is 472 g/mol. The molecular weight excluding hydrogens is 451 g/mol. The predicted octanol–water partition coefficient (Wildman–Crippen LogP) is 2.64. The molecule has 1 aliphatic carbocycles. The van der Waals surface area contributed by atoms with E-state index in [2.05, 4.69) is 15.6 Å². The highest BCUT2D eigenvalue weighted by atomic mass is 35.5. The fourth-order valence-electron chi connectivity index (χ4n) is 3.58. The van der Waals surface area contributed by atoms with Gasteiger partial charge in [0.1, 0.15) is 10.4 Å². The number of halogens is 2. The quantitative estimate of drug-likeness (QED) is 0.655. The van der Waals surface area contributed by atoms with Gasteiger partial charge in [0.25, 0.3) is 5.91 Å². The molecule has 2 aromatic rings. The van der Waals surface area contributed by atoms with E-state index in [4.69, 9.17) is 23.2 Å². The number of benzene rings is 2. The number of fused-ring (bicyclic) bond motifs is 1. The van der Waals surface area contributed by atoms with E-state index in [1.165, 1.54) is 11.8 Å². The van der Waals surface area contributed by atoms with E-state index in [-0.39, 0.29) is 0 Å². The van der Waals surface area contributed by atoms with E-state index in [1.54, 1.807) is 7.05 Å². The first-order chi connectivity index (χ1) is 15.2. The van der Waals surface area contributed by atoms with Crippen molar-refractivity contribution in [2.45, 2.75) is 29.9 Å². The zero-order chi connectivity index (χ0) is 23.0. The molecule has 1 fully saturated rings. The van der Waals surface area contributed by atoms with Crippen molar-refractivity contribution in [2.24, 2.45) is 10.9 Å². The molecule has 32 heavy (non-hydrogen) atoms. The Balaban J connectivity index is 1.60. The average molecular weight is 473 g/mol. The molecule has 1 aliphatic heterocycles. The van der Waals surface area contributed by atoms with E-state index in [9.17, 15) is 14.4 Å². The first-order valence-electron chi connectivity index (χ1n) is 10.2. The molecule has 0 radical (unpaired) electrons. The maximum Gasteiger partial charge on any atom is 0.272 e. The van der Waals surface area contributed by atoms with Crippen molar-refractivity contribution in [1.29, 1.82) is 0 Å². The van der Waals surface area contributed by atoms with Gasteiger partial charge in [-0.3, -0.25) is 14.4 Å². The van der Waals surface area contributed by atoms with Gasteiger partial charge in [-0.25, -0.2) is 4.99 Å². The number of para-hydroxylation sites is 1. The lowest BCUT2D eigenvalue weighted by atomic mass is 10.0. The summed E-state index contributed by atoms with van der Waals surface area (Å²) in [6.07, 6.45) is -0.818. The number of benzodiazepines with no additional fused rings is 1. The summed E-state index contributed by atoms with van der Waals surface area (Å²) in [7, 11) is 1.64. The van der Waals surface area contributed by atoms with Gasteiger partial charge in [0.05, 0.1) is 17.3 Å². The molecule has 3 atom stereocenters. The summed E-state index contributed by atoms with van der Waals surface area (Å²) in [6.45, 7) is 1.53. The SMILES string of the molecule is C[C@H](NC(=O)C1CC1(Cl)Cl)C(=O)N[C@H]1N=C(c2ccccc2)c2ccccc2N(C)C1=O. The van der Waals surface area contributed by atoms with Crippen LogP contribution in [0.3, 0.4) is 0 Å². The number of carbonyl (C=O) groups is 3. The third kappa shape index (κ3) is 4.36. The highest BCUT2D eigenvalue weighted by molar-refractivity contribution is 6.52. The number of rotatable bonds is 5. The van der Waals surface area contributed by atoms with Gasteiger partial charge in [0.15, 0.2) is 0 Å². The van der Waals surface area contributed by atoms with Gasteiger partial charge < -0.3 is 15.5 Å². The van der Waals surface area contributed by atoms with E-state index >= 15 is 0 Å². The molecule has 0 bridgehead atoms. The molecule has 2 N–H and O–H groups in total. The minimum Gasteiger partial charge on any atom is -0.344 e. The molecule has 2 aromatic carbocycles. The number of hydrogen-bond acceptors (Lipinski definition) is 4. The number of nitrogens with one attached hydrogen (secondary N) is 2. The number of anilines is 1. The van der Waals surface area contributed by atoms with Crippen LogP contribution >= 0.6 is 23.2 Å². The fourth-order valence-corrected chi connectivity index (χ4v) is 4.09. The van der Waals surface area contributed by atoms with Crippen LogP contribution in [-0.2, 0) is 14.4 Å². The third-order valence-corrected chi connectivity index (χ3v) is 6.40. The van der Waals surface area contributed by atoms with Crippen molar-refractivity contribution >= 4 is 52.3 Å². The van der Waals surface area contributed by atoms with Crippen LogP contribution < -0.4 is 15.5 Å². The number of alkyl halides is 2. The summed E-state index contributed by atoms with van der Waals surface area (Å²) in [4.78, 5) is 44.3. The van der Waals surface area contributed by atoms with Crippen LogP contribution in [-0.4, -0.2) is 47.0 Å². The fraction of sp³-hybridized carbons (Fsp3) is 0.304. The number of nitrogens with zero attached hydrogens (tertiary/aromatic N) is 2. The molecule has 7 nitrogen and oxygen atoms in total. The van der Waals surface area contributed by atoms with Crippen LogP contribution in [0.15, 0.2) is 59.6 Å². The second-order valence-electron chi connectivity index (χ2n) is 7.92. The summed E-state index contributed by atoms with van der Waals surface area (Å²) in [5.74, 6) is -1.88. The molecule has 4 rings (SSSR count). The molecule has 2 aliphatic rings. The second-order valence-corrected chi connectivity index (χ2v) is 9.46. The maximum absolute atomic E-state index is 13.2. The summed E-state index contributed by atoms with van der Waals surface area (Å²) >= 11 is 11.9. The van der Waals surface area contributed by atoms with Gasteiger partial charge in [-0.1, -0.05) is 48.5 Å². The van der Waals surface area contributed by atoms with Gasteiger partial charge in [0, 0.05) is 18.2 Å². The van der Waals surface area contributed by atoms with E-state index in [0.717, 1.165) is 11.1 Å². The first kappa shape index (κ1) is 22.3. The summed E-state index contributed by atoms with van der Waals surface area (Å²) in [5.41, 5.74) is 2.88. The van der Waals surface area contributed by atoms with Crippen LogP contribution in [0.25, 0.3) is 0 Å². The third-order valence-electron chi connectivity index (χ3n) is 5.56. The summed E-state index contributed by atoms with van der Waals surface area (Å²) in [5, 5.41) is 5.26. The van der Waals surface area contributed by atoms with Crippen LogP contribution in [0.5, 0.6) is 0 Å². The lowest BCUT2D eigenvalue weighted by Gasteiger charge is -2.22. The Hall–Kier alpha value is -2.90. The first-order valence-corrected chi connectivity index (χ1v) is 10.9. The molecule has 0 saturated heterocycles. The Kier molecular flexibility index (Phi) is 5.97. The van der Waals surface area contributed by atoms with Crippen molar-refractivity contribution in [3.8, 4) is 0 Å². The molecule has 3 amide bonds. The largest absolute Gasteiger partial charge is 0.344 e. The topological polar surface area (TPSA) is 90.9 Å². The number of carbonyl (C=O) groups excluding carboxylic acids is 3. The smallest absolute Gasteiger partial charge is 0.272 e. The van der Waals surface area contributed by atoms with Crippen LogP contribution in [0.1, 0.15) is 24.5 Å². The Labute approximate surface area is 195 Å². The molecular formula is C23H22Cl2N4O3. The Bertz CT molecular complexity index is 1100. The summed E-state index contributed by atoms with van der Waals surface area (Å²) < 4.78 is -1.08. The molecule has 9 heteroatoms. The summed E-state index contributed by atoms with van der Waals surface area (Å²) in [6, 6.07) is 16.0. The lowest BCUT2D eigenvalue weighted by Crippen LogP contribution is -2.52. The Morgan fingerprint density at radius 2 is 1.75 bits per heavy atom. The van der Waals surface area contributed by atoms with Crippen LogP contribution in [0.2, 0.25) is 0 Å². The van der Waals surface area contributed by atoms with Gasteiger partial charge in [-0.05, 0) is 19.4 Å². The molecule has 1 heterocycles. The molecule has 0 spiro atoms. The van der Waals surface area contributed by atoms with Gasteiger partial charge in [0.2, 0.25) is 18.0 Å². The van der Waals surface area contributed by atoms with Gasteiger partial charge in [-0.15, -0.1) is 23.2 Å². The van der Waals surface area contributed by atoms with E-state index < -0.39 is 40.2 Å². The van der Waals surface area contributed by atoms with Gasteiger partial charge >= 0.3 is 0 Å². The Morgan fingerprint density at radius 1 is 1.12 bits per heavy atom. The van der Waals surface area contributed by atoms with Crippen LogP contribution in [0, 0.1) is 5.92 Å². The number of likely N-dealkylation sites (N-methyl/N-ethyl adjacent to an activating group) is 1. The van der Waals surface area contributed by atoms with Gasteiger partial charge in [-0.2, -0.15) is 0 Å². The highest BCUT2D eigenvalue weighted by Crippen LogP contribution is 2.53. The molecule has 1 saturated carbocycles. The molecule has 0 aromatic heterocycles. The van der Waals surface area contributed by atoms with Crippen LogP contribution in [0.4, 0.5) is 5.69 Å². The standard InChI is InChI=1S/C23H22Cl2N4O3/c1-13(26-21(31)16-12-23(16,24)25)20(30)28-19-22(32)29(2)17-11-7-6-10-15(17)18(27-19)14-8-4-3-5-9-14/h3-11,13,16,19H,12H2,1-2H3,(H,26,31)(H,28,30)/t13-,16?,19+/m0/s1. The van der Waals surface area contributed by atoms with Crippen molar-refractivity contribution in [3.63, 3.8) is 0 Å². The van der Waals surface area contributed by atoms with E-state index in [1.807, 2.05) is 54.6 Å². The molecule has 1 unspecified atom stereocenters. The highest BCUT2D eigenvalue weighted by Gasteiger charge is 2.56. The normalized spacial score (nSPS) is 22.2. The number of aliphatic imine (C=N–C) groups is 1. The average Bonchev–Trinajstić information content (AvgIpc) is 3.45. The lowest BCUT2D eigenvalue weighted by molar-refractivity contribution is -0.131.